The number of phosphoric acid groups is 2. The van der Waals surface area contributed by atoms with E-state index in [0.29, 0.717) is 0 Å². The molecule has 0 aliphatic rings. The van der Waals surface area contributed by atoms with E-state index in [-0.39, 0.29) is 12.5 Å². The van der Waals surface area contributed by atoms with Gasteiger partial charge in [-0.3, -0.25) is 4.52 Å². The Morgan fingerprint density at radius 2 is 1.64 bits per heavy atom. The van der Waals surface area contributed by atoms with Gasteiger partial charge in [-0.1, -0.05) is 0 Å². The van der Waals surface area contributed by atoms with Gasteiger partial charge in [0.2, 0.25) is 0 Å². The van der Waals surface area contributed by atoms with Gasteiger partial charge in [-0.05, 0) is 0 Å². The monoisotopic (exact) mass is 268 g/mol. The minimum atomic E-state index is -5.01. The quantitative estimate of drug-likeness (QED) is 0.390. The highest BCUT2D eigenvalue weighted by atomic mass is 35.5. The Hall–Kier alpha value is 0.290. The van der Waals surface area contributed by atoms with Gasteiger partial charge >= 0.3 is 15.6 Å². The fourth-order valence-corrected chi connectivity index (χ4v) is 2.08. The summed E-state index contributed by atoms with van der Waals surface area (Å²) >= 11 is 5.07. The summed E-state index contributed by atoms with van der Waals surface area (Å²) in [5.41, 5.74) is 0. The van der Waals surface area contributed by atoms with E-state index in [1.54, 1.807) is 0 Å². The van der Waals surface area contributed by atoms with Crippen molar-refractivity contribution in [2.24, 2.45) is 0 Å². The zero-order chi connectivity index (χ0) is 11.8. The van der Waals surface area contributed by atoms with Crippen molar-refractivity contribution in [2.45, 2.75) is 0 Å². The molecule has 0 aromatic heterocycles. The summed E-state index contributed by atoms with van der Waals surface area (Å²) in [6.45, 7) is 5.66. The van der Waals surface area contributed by atoms with Crippen molar-refractivity contribution >= 4 is 27.2 Å². The van der Waals surface area contributed by atoms with Crippen molar-refractivity contribution < 1.29 is 32.6 Å². The van der Waals surface area contributed by atoms with Crippen LogP contribution in [0.2, 0.25) is 0 Å². The molecule has 0 saturated heterocycles. The lowest BCUT2D eigenvalue weighted by Crippen LogP contribution is -1.96. The molecule has 0 fully saturated rings. The van der Waals surface area contributed by atoms with Crippen LogP contribution in [0.5, 0.6) is 0 Å². The molecular formula is C4H11ClO7P2. The molecule has 0 rings (SSSR count). The van der Waals surface area contributed by atoms with E-state index >= 15 is 0 Å². The summed E-state index contributed by atoms with van der Waals surface area (Å²) in [6.07, 6.45) is 0. The van der Waals surface area contributed by atoms with Gasteiger partial charge in [0, 0.05) is 5.88 Å². The van der Waals surface area contributed by atoms with Crippen LogP contribution < -0.4 is 0 Å². The third-order valence-electron chi connectivity index (χ3n) is 0.541. The Kier molecular flexibility index (Phi) is 9.03. The highest BCUT2D eigenvalue weighted by Gasteiger charge is 2.31. The maximum atomic E-state index is 10.5. The van der Waals surface area contributed by atoms with E-state index < -0.39 is 15.6 Å². The lowest BCUT2D eigenvalue weighted by Gasteiger charge is -2.10. The molecule has 0 bridgehead atoms. The molecule has 0 aliphatic carbocycles. The Bertz CT molecular complexity index is 238. The number of phosphoric ester groups is 1. The second kappa shape index (κ2) is 7.56. The fourth-order valence-electron chi connectivity index (χ4n) is 0.308. The first kappa shape index (κ1) is 16.7. The molecule has 3 N–H and O–H groups in total. The summed E-state index contributed by atoms with van der Waals surface area (Å²) in [7, 11) is -9.69. The van der Waals surface area contributed by atoms with E-state index in [9.17, 15) is 9.13 Å². The molecule has 0 aromatic carbocycles. The molecule has 0 spiro atoms. The zero-order valence-electron chi connectivity index (χ0n) is 7.08. The smallest absolute Gasteiger partial charge is 0.302 e. The van der Waals surface area contributed by atoms with Gasteiger partial charge in [0.05, 0.1) is 6.61 Å². The first-order chi connectivity index (χ1) is 6.27. The summed E-state index contributed by atoms with van der Waals surface area (Å²) in [4.78, 5) is 24.7. The third kappa shape index (κ3) is 12.3. The molecule has 14 heavy (non-hydrogen) atoms. The van der Waals surface area contributed by atoms with Gasteiger partial charge < -0.3 is 14.7 Å². The second-order valence-corrected chi connectivity index (χ2v) is 4.77. The molecule has 0 aliphatic heterocycles. The van der Waals surface area contributed by atoms with Crippen LogP contribution in [0, 0.1) is 0 Å². The van der Waals surface area contributed by atoms with Crippen LogP contribution in [-0.2, 0) is 18.0 Å². The molecule has 1 unspecified atom stereocenters. The Morgan fingerprint density at radius 3 is 1.93 bits per heavy atom. The minimum absolute atomic E-state index is 0.0882. The molecule has 0 radical (unpaired) electrons. The number of hydrogen-bond donors (Lipinski definition) is 3. The highest BCUT2D eigenvalue weighted by Crippen LogP contribution is 2.57. The van der Waals surface area contributed by atoms with Gasteiger partial charge in [-0.2, -0.15) is 4.31 Å². The molecule has 0 aromatic rings. The predicted octanol–water partition coefficient (Wildman–Crippen LogP) is 1.25. The average Bonchev–Trinajstić information content (AvgIpc) is 2.00. The van der Waals surface area contributed by atoms with Gasteiger partial charge in [0.15, 0.2) is 0 Å². The molecule has 0 saturated carbocycles. The number of hydrogen-bond acceptors (Lipinski definition) is 4. The minimum Gasteiger partial charge on any atom is -0.302 e. The Balaban J connectivity index is 0. The van der Waals surface area contributed by atoms with Crippen molar-refractivity contribution in [3.63, 3.8) is 0 Å². The average molecular weight is 269 g/mol. The van der Waals surface area contributed by atoms with Crippen molar-refractivity contribution in [3.8, 4) is 0 Å². The lowest BCUT2D eigenvalue weighted by atomic mass is 10.9. The van der Waals surface area contributed by atoms with Crippen LogP contribution in [0.15, 0.2) is 13.2 Å². The maximum absolute atomic E-state index is 10.5. The first-order valence-corrected chi connectivity index (χ1v) is 6.63. The fraction of sp³-hybridized carbons (Fsp3) is 0.500. The van der Waals surface area contributed by atoms with Crippen molar-refractivity contribution in [1.29, 1.82) is 0 Å². The van der Waals surface area contributed by atoms with Crippen molar-refractivity contribution in [3.05, 3.63) is 13.2 Å². The Labute approximate surface area is 86.2 Å². The van der Waals surface area contributed by atoms with Crippen LogP contribution in [0.4, 0.5) is 0 Å². The van der Waals surface area contributed by atoms with Crippen LogP contribution in [0.1, 0.15) is 0 Å². The number of halogens is 1. The summed E-state index contributed by atoms with van der Waals surface area (Å²) in [6, 6.07) is 0. The molecule has 10 heteroatoms. The molecule has 86 valence electrons. The Morgan fingerprint density at radius 1 is 1.21 bits per heavy atom. The van der Waals surface area contributed by atoms with Crippen LogP contribution in [-0.4, -0.2) is 27.2 Å². The van der Waals surface area contributed by atoms with Gasteiger partial charge in [0.1, 0.15) is 0 Å². The predicted molar refractivity (Wildman–Crippen MR) is 50.9 cm³/mol. The van der Waals surface area contributed by atoms with E-state index in [0.717, 1.165) is 0 Å². The third-order valence-corrected chi connectivity index (χ3v) is 2.88. The molecule has 0 amide bonds. The highest BCUT2D eigenvalue weighted by molar-refractivity contribution is 7.60. The summed E-state index contributed by atoms with van der Waals surface area (Å²) in [5, 5.41) is 0. The van der Waals surface area contributed by atoms with E-state index in [4.69, 9.17) is 26.3 Å². The van der Waals surface area contributed by atoms with Crippen molar-refractivity contribution in [1.82, 2.24) is 0 Å². The molecule has 7 nitrogen and oxygen atoms in total. The van der Waals surface area contributed by atoms with Crippen molar-refractivity contribution in [2.75, 3.05) is 12.5 Å². The first-order valence-electron chi connectivity index (χ1n) is 3.07. The van der Waals surface area contributed by atoms with Gasteiger partial charge in [-0.15, -0.1) is 24.8 Å². The van der Waals surface area contributed by atoms with Crippen LogP contribution in [0.3, 0.4) is 0 Å². The van der Waals surface area contributed by atoms with Crippen LogP contribution in [0.25, 0.3) is 0 Å². The van der Waals surface area contributed by atoms with E-state index in [1.165, 1.54) is 0 Å². The SMILES string of the molecule is C=C.O=P(O)(O)OP(=O)(O)OCCCl. The second-order valence-electron chi connectivity index (χ2n) is 1.56. The van der Waals surface area contributed by atoms with Gasteiger partial charge in [0.25, 0.3) is 0 Å². The zero-order valence-corrected chi connectivity index (χ0v) is 9.62. The maximum Gasteiger partial charge on any atom is 0.481 e. The largest absolute Gasteiger partial charge is 0.481 e. The standard InChI is InChI=1S/C2H7ClO7P2.C2H4/c3-1-2-9-12(7,8)10-11(4,5)6;1-2/h1-2H2,(H,7,8)(H2,4,5,6);1-2H2. The lowest BCUT2D eigenvalue weighted by molar-refractivity contribution is 0.185. The van der Waals surface area contributed by atoms with Crippen LogP contribution >= 0.6 is 27.2 Å². The van der Waals surface area contributed by atoms with E-state index in [2.05, 4.69) is 22.0 Å². The molecular weight excluding hydrogens is 257 g/mol. The number of alkyl halides is 1. The summed E-state index contributed by atoms with van der Waals surface area (Å²) < 4.78 is 28.0. The topological polar surface area (TPSA) is 113 Å². The van der Waals surface area contributed by atoms with E-state index in [1.807, 2.05) is 0 Å². The normalized spacial score (nSPS) is 15.1. The molecule has 1 atom stereocenters. The molecule has 0 heterocycles. The number of rotatable bonds is 5. The van der Waals surface area contributed by atoms with Gasteiger partial charge in [-0.25, -0.2) is 9.13 Å². The summed E-state index contributed by atoms with van der Waals surface area (Å²) in [5.74, 6) is -0.0882.